The first-order valence-corrected chi connectivity index (χ1v) is 28.5. The van der Waals surface area contributed by atoms with Crippen molar-refractivity contribution in [1.29, 1.82) is 0 Å². The summed E-state index contributed by atoms with van der Waals surface area (Å²) in [6, 6.07) is 0. The fourth-order valence-electron chi connectivity index (χ4n) is 12.1. The molecule has 4 saturated heterocycles. The second-order valence-corrected chi connectivity index (χ2v) is 23.4. The molecule has 444 valence electrons. The monoisotopic (exact) mass is 1100 g/mol. The highest BCUT2D eigenvalue weighted by molar-refractivity contribution is 5.83. The van der Waals surface area contributed by atoms with Crippen molar-refractivity contribution in [2.75, 3.05) is 0 Å². The first-order chi connectivity index (χ1) is 36.5. The van der Waals surface area contributed by atoms with Gasteiger partial charge in [0.05, 0.1) is 61.0 Å². The second-order valence-electron chi connectivity index (χ2n) is 23.4. The Balaban J connectivity index is 1.33. The SMILES string of the molecule is CC[C@@H]1[C@@H](C)O[C@@](O)([C@@H](C)[C@H](O)[C@H](C)[C@H]2OC(=O)/C=C/C(C)=C/C=C/[C@H](C)[C@@H]([C@@H](C)[C@@H](O)[C@H](C)[C@@]3(O)C[C@@H](O[C@H]4C[C@H](O)[C@H](O)[C@H](C)O4)[C@H](CC)[C@@H](C)O3)OC(=O)/C=C/C(C)=C/C=C/[C@@H]2C)C[C@H]1O[C@H]1C[C@H](O)[C@H](O)[C@H](C)O1. The predicted molar refractivity (Wildman–Crippen MR) is 290 cm³/mol. The number of hydrogen-bond donors (Lipinski definition) is 8. The quantitative estimate of drug-likeness (QED) is 0.0926. The van der Waals surface area contributed by atoms with Gasteiger partial charge in [0.1, 0.15) is 24.4 Å². The van der Waals surface area contributed by atoms with Crippen molar-refractivity contribution in [3.05, 3.63) is 71.9 Å². The Morgan fingerprint density at radius 3 is 1.24 bits per heavy atom. The highest BCUT2D eigenvalue weighted by Gasteiger charge is 2.54. The van der Waals surface area contributed by atoms with Crippen molar-refractivity contribution in [3.63, 3.8) is 0 Å². The molecule has 0 saturated carbocycles. The Hall–Kier alpha value is -3.18. The number of aliphatic hydroxyl groups excluding tert-OH is 6. The van der Waals surface area contributed by atoms with Gasteiger partial charge in [-0.15, -0.1) is 0 Å². The number of cyclic esters (lactones) is 2. The second kappa shape index (κ2) is 28.7. The molecule has 5 heterocycles. The lowest BCUT2D eigenvalue weighted by Gasteiger charge is -2.50. The van der Waals surface area contributed by atoms with E-state index in [1.807, 2.05) is 53.7 Å². The molecule has 0 aromatic heterocycles. The van der Waals surface area contributed by atoms with E-state index in [0.29, 0.717) is 24.0 Å². The molecule has 78 heavy (non-hydrogen) atoms. The van der Waals surface area contributed by atoms with E-state index >= 15 is 0 Å². The molecule has 26 atom stereocenters. The predicted octanol–water partition coefficient (Wildman–Crippen LogP) is 6.01. The summed E-state index contributed by atoms with van der Waals surface area (Å²) in [6.45, 7) is 25.1. The van der Waals surface area contributed by atoms with Crippen LogP contribution in [0.1, 0.15) is 135 Å². The summed E-state index contributed by atoms with van der Waals surface area (Å²) >= 11 is 0. The summed E-state index contributed by atoms with van der Waals surface area (Å²) in [6.07, 6.45) is 4.24. The average Bonchev–Trinajstić information content (AvgIpc) is 3.37. The van der Waals surface area contributed by atoms with Gasteiger partial charge < -0.3 is 78.7 Å². The van der Waals surface area contributed by atoms with Crippen molar-refractivity contribution in [1.82, 2.24) is 0 Å². The van der Waals surface area contributed by atoms with Crippen LogP contribution in [-0.4, -0.2) is 162 Å². The van der Waals surface area contributed by atoms with Crippen LogP contribution in [0.5, 0.6) is 0 Å². The molecule has 0 unspecified atom stereocenters. The van der Waals surface area contributed by atoms with Crippen LogP contribution in [0.25, 0.3) is 0 Å². The third-order valence-corrected chi connectivity index (χ3v) is 17.5. The zero-order valence-corrected chi connectivity index (χ0v) is 48.5. The summed E-state index contributed by atoms with van der Waals surface area (Å²) < 4.78 is 49.5. The van der Waals surface area contributed by atoms with E-state index in [1.54, 1.807) is 91.8 Å². The van der Waals surface area contributed by atoms with Crippen molar-refractivity contribution < 1.29 is 88.3 Å². The highest BCUT2D eigenvalue weighted by Crippen LogP contribution is 2.45. The van der Waals surface area contributed by atoms with E-state index in [4.69, 9.17) is 37.9 Å². The Morgan fingerprint density at radius 1 is 0.577 bits per heavy atom. The molecule has 0 aromatic carbocycles. The number of carbonyl (C=O) groups is 2. The first kappa shape index (κ1) is 65.6. The van der Waals surface area contributed by atoms with Crippen LogP contribution in [0.2, 0.25) is 0 Å². The molecule has 18 nitrogen and oxygen atoms in total. The molecule has 0 aliphatic carbocycles. The molecule has 5 rings (SSSR count). The van der Waals surface area contributed by atoms with Gasteiger partial charge in [0, 0.05) is 85.2 Å². The summed E-state index contributed by atoms with van der Waals surface area (Å²) in [5.41, 5.74) is 1.35. The smallest absolute Gasteiger partial charge is 0.331 e. The molecule has 0 bridgehead atoms. The standard InChI is InChI=1S/C60H96O18/c1-15-43-39(11)77-59(69,29-47(43)73-51-27-45(61)55(67)41(13)71-51)37(9)53(65)35(7)57-33(5)21-17-19-31(3)24-26-50(64)76-58(34(6)22-18-20-32(4)23-25-49(63)75-57)36(8)54(66)38(10)60(70)30-48(44(16-2)40(12)78-60)74-52-28-46(62)56(68)42(14)72-52/h17-26,33-48,51-58,61-62,65-70H,15-16,27-30H2,1-14H3/b21-17+,22-18+,25-23+,26-24+,31-19+,32-20+/t33-,34-,35-,36-,37-,38-,39+,40+,41-,42-,43+,44+,45-,46-,47+,48+,51-,52-,53+,54+,55+,56+,57-,58-,59+,60+/m0/s1. The molecule has 0 radical (unpaired) electrons. The van der Waals surface area contributed by atoms with Crippen molar-refractivity contribution >= 4 is 11.9 Å². The van der Waals surface area contributed by atoms with Crippen LogP contribution >= 0.6 is 0 Å². The molecule has 5 aliphatic rings. The number of hydrogen-bond acceptors (Lipinski definition) is 18. The fourth-order valence-corrected chi connectivity index (χ4v) is 12.1. The molecule has 8 N–H and O–H groups in total. The molecule has 0 amide bonds. The minimum atomic E-state index is -1.87. The van der Waals surface area contributed by atoms with E-state index in [-0.39, 0.29) is 37.5 Å². The van der Waals surface area contributed by atoms with Gasteiger partial charge in [-0.3, -0.25) is 0 Å². The van der Waals surface area contributed by atoms with Crippen molar-refractivity contribution in [2.45, 2.75) is 245 Å². The maximum atomic E-state index is 13.7. The van der Waals surface area contributed by atoms with Gasteiger partial charge in [-0.1, -0.05) is 115 Å². The molecule has 0 aromatic rings. The lowest BCUT2D eigenvalue weighted by Crippen LogP contribution is -2.59. The summed E-state index contributed by atoms with van der Waals surface area (Å²) in [5.74, 6) is -9.60. The van der Waals surface area contributed by atoms with Gasteiger partial charge in [0.2, 0.25) is 0 Å². The van der Waals surface area contributed by atoms with E-state index in [0.717, 1.165) is 0 Å². The van der Waals surface area contributed by atoms with Gasteiger partial charge in [0.15, 0.2) is 24.2 Å². The molecular formula is C60H96O18. The van der Waals surface area contributed by atoms with Gasteiger partial charge >= 0.3 is 11.9 Å². The highest BCUT2D eigenvalue weighted by atomic mass is 16.7. The lowest BCUT2D eigenvalue weighted by molar-refractivity contribution is -0.345. The molecular weight excluding hydrogens is 1010 g/mol. The Morgan fingerprint density at radius 2 is 0.923 bits per heavy atom. The van der Waals surface area contributed by atoms with Crippen LogP contribution in [0.4, 0.5) is 0 Å². The maximum Gasteiger partial charge on any atom is 0.331 e. The minimum absolute atomic E-state index is 0.0184. The van der Waals surface area contributed by atoms with E-state index in [9.17, 15) is 50.4 Å². The Bertz CT molecular complexity index is 1950. The number of allylic oxidation sites excluding steroid dienone is 8. The van der Waals surface area contributed by atoms with E-state index in [1.165, 1.54) is 12.2 Å². The van der Waals surface area contributed by atoms with Gasteiger partial charge in [0.25, 0.3) is 0 Å². The number of aliphatic hydroxyl groups is 8. The maximum absolute atomic E-state index is 13.7. The van der Waals surface area contributed by atoms with Crippen LogP contribution < -0.4 is 0 Å². The number of rotatable bonds is 14. The van der Waals surface area contributed by atoms with E-state index in [2.05, 4.69) is 0 Å². The first-order valence-electron chi connectivity index (χ1n) is 28.5. The van der Waals surface area contributed by atoms with Crippen LogP contribution in [0.3, 0.4) is 0 Å². The van der Waals surface area contributed by atoms with Crippen LogP contribution in [0.15, 0.2) is 71.9 Å². The van der Waals surface area contributed by atoms with Gasteiger partial charge in [-0.25, -0.2) is 9.59 Å². The van der Waals surface area contributed by atoms with Crippen LogP contribution in [0, 0.1) is 47.3 Å². The minimum Gasteiger partial charge on any atom is -0.458 e. The van der Waals surface area contributed by atoms with Crippen molar-refractivity contribution in [2.24, 2.45) is 47.3 Å². The molecule has 5 aliphatic heterocycles. The zero-order chi connectivity index (χ0) is 58.1. The zero-order valence-electron chi connectivity index (χ0n) is 48.5. The number of esters is 2. The molecule has 4 fully saturated rings. The Kier molecular flexibility index (Phi) is 24.1. The summed E-state index contributed by atoms with van der Waals surface area (Å²) in [5, 5.41) is 90.2. The Labute approximate surface area is 463 Å². The molecule has 18 heteroatoms. The third-order valence-electron chi connectivity index (χ3n) is 17.5. The number of ether oxygens (including phenoxy) is 8. The van der Waals surface area contributed by atoms with E-state index < -0.39 is 157 Å². The van der Waals surface area contributed by atoms with Crippen LogP contribution in [-0.2, 0) is 47.5 Å². The van der Waals surface area contributed by atoms with Gasteiger partial charge in [-0.05, 0) is 54.4 Å². The number of carbonyl (C=O) groups excluding carboxylic acids is 2. The largest absolute Gasteiger partial charge is 0.458 e. The third kappa shape index (κ3) is 16.5. The van der Waals surface area contributed by atoms with Crippen molar-refractivity contribution in [3.8, 4) is 0 Å². The topological polar surface area (TPSA) is 270 Å². The van der Waals surface area contributed by atoms with Gasteiger partial charge in [-0.2, -0.15) is 0 Å². The summed E-state index contributed by atoms with van der Waals surface area (Å²) in [7, 11) is 0. The summed E-state index contributed by atoms with van der Waals surface area (Å²) in [4.78, 5) is 27.4. The normalized spacial score (nSPS) is 45.3. The average molecular weight is 1110 g/mol. The molecule has 0 spiro atoms. The fraction of sp³-hybridized carbons (Fsp3) is 0.767. The lowest BCUT2D eigenvalue weighted by atomic mass is 9.76.